The number of hydrogen-bond donors (Lipinski definition) is 1. The summed E-state index contributed by atoms with van der Waals surface area (Å²) in [6.07, 6.45) is 2.54. The number of para-hydroxylation sites is 1. The van der Waals surface area contributed by atoms with Gasteiger partial charge in [-0.05, 0) is 30.2 Å². The molecule has 0 spiro atoms. The number of ketones is 1. The van der Waals surface area contributed by atoms with Crippen molar-refractivity contribution in [1.29, 1.82) is 0 Å². The van der Waals surface area contributed by atoms with Gasteiger partial charge in [0.05, 0.1) is 5.69 Å². The maximum absolute atomic E-state index is 12.0. The molecule has 0 atom stereocenters. The molecule has 4 heteroatoms. The lowest BCUT2D eigenvalue weighted by Crippen LogP contribution is -2.25. The largest absolute Gasteiger partial charge is 0.348 e. The number of hydrogen-bond acceptors (Lipinski definition) is 2. The molecule has 0 aliphatic carbocycles. The molecule has 1 aromatic heterocycles. The monoisotopic (exact) mass is 256 g/mol. The van der Waals surface area contributed by atoms with E-state index in [1.807, 2.05) is 25.1 Å². The Kier molecular flexibility index (Phi) is 3.80. The first-order valence-electron chi connectivity index (χ1n) is 6.18. The van der Waals surface area contributed by atoms with Crippen LogP contribution in [0.15, 0.2) is 42.6 Å². The number of carbonyl (C=O) groups excluding carboxylic acids is 2. The first kappa shape index (κ1) is 13.1. The van der Waals surface area contributed by atoms with E-state index in [0.29, 0.717) is 11.4 Å². The van der Waals surface area contributed by atoms with Gasteiger partial charge in [-0.2, -0.15) is 0 Å². The Morgan fingerprint density at radius 2 is 1.89 bits per heavy atom. The number of aryl methyl sites for hydroxylation is 2. The number of aromatic nitrogens is 1. The molecule has 1 aromatic carbocycles. The zero-order chi connectivity index (χ0) is 13.8. The molecule has 0 aliphatic heterocycles. The molecule has 4 nitrogen and oxygen atoms in total. The number of benzene rings is 1. The fourth-order valence-electron chi connectivity index (χ4n) is 1.94. The van der Waals surface area contributed by atoms with Gasteiger partial charge < -0.3 is 9.88 Å². The Hall–Kier alpha value is -2.36. The van der Waals surface area contributed by atoms with Crippen molar-refractivity contribution in [3.8, 4) is 0 Å². The first-order valence-corrected chi connectivity index (χ1v) is 6.18. The van der Waals surface area contributed by atoms with Gasteiger partial charge in [-0.25, -0.2) is 0 Å². The molecule has 2 aromatic rings. The van der Waals surface area contributed by atoms with Crippen molar-refractivity contribution < 1.29 is 9.59 Å². The molecule has 2 rings (SSSR count). The quantitative estimate of drug-likeness (QED) is 0.674. The van der Waals surface area contributed by atoms with Crippen LogP contribution in [-0.2, 0) is 18.3 Å². The normalized spacial score (nSPS) is 10.2. The molecule has 0 radical (unpaired) electrons. The van der Waals surface area contributed by atoms with Gasteiger partial charge in [0.25, 0.3) is 11.7 Å². The van der Waals surface area contributed by atoms with Crippen LogP contribution in [0.5, 0.6) is 0 Å². The Labute approximate surface area is 112 Å². The average molecular weight is 256 g/mol. The van der Waals surface area contributed by atoms with Crippen molar-refractivity contribution in [2.24, 2.45) is 7.05 Å². The van der Waals surface area contributed by atoms with E-state index in [2.05, 4.69) is 5.32 Å². The average Bonchev–Trinajstić information content (AvgIpc) is 2.84. The molecule has 0 unspecified atom stereocenters. The summed E-state index contributed by atoms with van der Waals surface area (Å²) in [6, 6.07) is 10.8. The van der Waals surface area contributed by atoms with Crippen molar-refractivity contribution in [3.63, 3.8) is 0 Å². The second-order valence-corrected chi connectivity index (χ2v) is 4.30. The summed E-state index contributed by atoms with van der Waals surface area (Å²) in [7, 11) is 1.74. The summed E-state index contributed by atoms with van der Waals surface area (Å²) in [5.74, 6) is -1.14. The van der Waals surface area contributed by atoms with Crippen molar-refractivity contribution in [2.75, 3.05) is 5.32 Å². The Morgan fingerprint density at radius 1 is 1.16 bits per heavy atom. The van der Waals surface area contributed by atoms with Crippen LogP contribution in [0.25, 0.3) is 0 Å². The van der Waals surface area contributed by atoms with Gasteiger partial charge in [-0.3, -0.25) is 9.59 Å². The van der Waals surface area contributed by atoms with Gasteiger partial charge in [-0.15, -0.1) is 0 Å². The first-order chi connectivity index (χ1) is 9.13. The third-order valence-corrected chi connectivity index (χ3v) is 3.03. The van der Waals surface area contributed by atoms with E-state index in [1.165, 1.54) is 0 Å². The van der Waals surface area contributed by atoms with Crippen LogP contribution >= 0.6 is 0 Å². The molecule has 0 saturated carbocycles. The molecule has 1 heterocycles. The lowest BCUT2D eigenvalue weighted by Gasteiger charge is -2.09. The predicted molar refractivity (Wildman–Crippen MR) is 74.2 cm³/mol. The van der Waals surface area contributed by atoms with Gasteiger partial charge >= 0.3 is 0 Å². The van der Waals surface area contributed by atoms with Crippen molar-refractivity contribution >= 4 is 17.4 Å². The molecule has 0 bridgehead atoms. The highest BCUT2D eigenvalue weighted by atomic mass is 16.2. The predicted octanol–water partition coefficient (Wildman–Crippen LogP) is 2.41. The second-order valence-electron chi connectivity index (χ2n) is 4.30. The zero-order valence-electron chi connectivity index (χ0n) is 11.0. The fraction of sp³-hybridized carbons (Fsp3) is 0.200. The fourth-order valence-corrected chi connectivity index (χ4v) is 1.94. The highest BCUT2D eigenvalue weighted by Gasteiger charge is 2.19. The summed E-state index contributed by atoms with van der Waals surface area (Å²) in [6.45, 7) is 2.00. The minimum atomic E-state index is -0.609. The number of anilines is 1. The summed E-state index contributed by atoms with van der Waals surface area (Å²) >= 11 is 0. The van der Waals surface area contributed by atoms with Gasteiger partial charge in [0, 0.05) is 18.9 Å². The van der Waals surface area contributed by atoms with Crippen LogP contribution in [0.4, 0.5) is 5.69 Å². The minimum Gasteiger partial charge on any atom is -0.348 e. The summed E-state index contributed by atoms with van der Waals surface area (Å²) in [5, 5.41) is 2.67. The highest BCUT2D eigenvalue weighted by molar-refractivity contribution is 6.46. The van der Waals surface area contributed by atoms with Crippen LogP contribution in [0.2, 0.25) is 0 Å². The van der Waals surface area contributed by atoms with E-state index in [0.717, 1.165) is 12.0 Å². The zero-order valence-corrected chi connectivity index (χ0v) is 11.0. The smallest absolute Gasteiger partial charge is 0.298 e. The number of rotatable bonds is 4. The molecule has 19 heavy (non-hydrogen) atoms. The molecule has 0 fully saturated rings. The summed E-state index contributed by atoms with van der Waals surface area (Å²) in [5.41, 5.74) is 2.08. The third-order valence-electron chi connectivity index (χ3n) is 3.03. The van der Waals surface area contributed by atoms with E-state index in [4.69, 9.17) is 0 Å². The summed E-state index contributed by atoms with van der Waals surface area (Å²) in [4.78, 5) is 24.0. The Balaban J connectivity index is 2.18. The Morgan fingerprint density at radius 3 is 2.53 bits per heavy atom. The molecule has 1 amide bonds. The lowest BCUT2D eigenvalue weighted by atomic mass is 10.1. The lowest BCUT2D eigenvalue weighted by molar-refractivity contribution is -0.112. The molecule has 1 N–H and O–H groups in total. The van der Waals surface area contributed by atoms with Crippen LogP contribution in [0.1, 0.15) is 23.0 Å². The number of nitrogens with one attached hydrogen (secondary N) is 1. The van der Waals surface area contributed by atoms with Gasteiger partial charge in [0.2, 0.25) is 0 Å². The van der Waals surface area contributed by atoms with Crippen LogP contribution in [0, 0.1) is 0 Å². The Bertz CT molecular complexity index is 614. The van der Waals surface area contributed by atoms with Crippen LogP contribution < -0.4 is 5.32 Å². The van der Waals surface area contributed by atoms with Gasteiger partial charge in [0.15, 0.2) is 0 Å². The molecular weight excluding hydrogens is 240 g/mol. The molecule has 0 aliphatic rings. The number of Topliss-reactive ketones (excluding diaryl/α,β-unsaturated/α-hetero) is 1. The highest BCUT2D eigenvalue weighted by Crippen LogP contribution is 2.15. The number of amides is 1. The van der Waals surface area contributed by atoms with Crippen LogP contribution in [-0.4, -0.2) is 16.3 Å². The molecule has 98 valence electrons. The molecule has 0 saturated heterocycles. The van der Waals surface area contributed by atoms with Crippen molar-refractivity contribution in [2.45, 2.75) is 13.3 Å². The van der Waals surface area contributed by atoms with Crippen LogP contribution in [0.3, 0.4) is 0 Å². The van der Waals surface area contributed by atoms with E-state index in [1.54, 1.807) is 36.0 Å². The summed E-state index contributed by atoms with van der Waals surface area (Å²) < 4.78 is 1.63. The van der Waals surface area contributed by atoms with E-state index in [9.17, 15) is 9.59 Å². The maximum Gasteiger partial charge on any atom is 0.298 e. The standard InChI is InChI=1S/C15H16N2O2/c1-3-11-7-4-5-8-12(11)16-15(19)14(18)13-9-6-10-17(13)2/h4-10H,3H2,1-2H3,(H,16,19). The SMILES string of the molecule is CCc1ccccc1NC(=O)C(=O)c1cccn1C. The van der Waals surface area contributed by atoms with E-state index in [-0.39, 0.29) is 0 Å². The van der Waals surface area contributed by atoms with E-state index >= 15 is 0 Å². The third kappa shape index (κ3) is 2.73. The van der Waals surface area contributed by atoms with E-state index < -0.39 is 11.7 Å². The number of carbonyl (C=O) groups is 2. The van der Waals surface area contributed by atoms with Gasteiger partial charge in [-0.1, -0.05) is 25.1 Å². The van der Waals surface area contributed by atoms with Gasteiger partial charge in [0.1, 0.15) is 0 Å². The maximum atomic E-state index is 12.0. The molecular formula is C15H16N2O2. The topological polar surface area (TPSA) is 51.1 Å². The minimum absolute atomic E-state index is 0.381. The number of nitrogens with zero attached hydrogens (tertiary/aromatic N) is 1. The van der Waals surface area contributed by atoms with Crippen molar-refractivity contribution in [3.05, 3.63) is 53.9 Å². The van der Waals surface area contributed by atoms with Crippen molar-refractivity contribution in [1.82, 2.24) is 4.57 Å². The second kappa shape index (κ2) is 5.52.